The molecule has 2 heterocycles. The Hall–Kier alpha value is -1.78. The van der Waals surface area contributed by atoms with Crippen molar-refractivity contribution in [1.82, 2.24) is 14.9 Å². The van der Waals surface area contributed by atoms with Crippen molar-refractivity contribution in [1.29, 1.82) is 0 Å². The van der Waals surface area contributed by atoms with Gasteiger partial charge in [-0.25, -0.2) is 19.6 Å². The van der Waals surface area contributed by atoms with E-state index in [1.54, 1.807) is 11.9 Å². The van der Waals surface area contributed by atoms with Crippen LogP contribution in [0.4, 0.5) is 10.6 Å². The Morgan fingerprint density at radius 3 is 2.50 bits per heavy atom. The molecule has 1 saturated heterocycles. The molecule has 0 aliphatic carbocycles. The summed E-state index contributed by atoms with van der Waals surface area (Å²) in [5, 5.41) is 8.84. The summed E-state index contributed by atoms with van der Waals surface area (Å²) in [6.07, 6.45) is 3.12. The van der Waals surface area contributed by atoms with Crippen LogP contribution in [0, 0.1) is 0 Å². The van der Waals surface area contributed by atoms with Gasteiger partial charge in [0.2, 0.25) is 0 Å². The van der Waals surface area contributed by atoms with Crippen LogP contribution in [-0.4, -0.2) is 82.7 Å². The number of anilines is 1. The molecule has 0 bridgehead atoms. The van der Waals surface area contributed by atoms with E-state index in [-0.39, 0.29) is 36.7 Å². The normalized spacial score (nSPS) is 17.2. The summed E-state index contributed by atoms with van der Waals surface area (Å²) < 4.78 is 5.37. The third kappa shape index (κ3) is 5.11. The molecule has 1 aromatic rings. The Labute approximate surface area is 153 Å². The van der Waals surface area contributed by atoms with E-state index in [2.05, 4.69) is 9.97 Å². The fraction of sp³-hybridized carbons (Fsp3) is 0.600. The first-order valence-corrected chi connectivity index (χ1v) is 7.43. The molecule has 9 heteroatoms. The SMILES string of the molecule is CN(C(=O)OC(C)(C)C)[C@@H]1CCN(c2cnc(C(=O)O)cn2)C1.[LiH]. The van der Waals surface area contributed by atoms with Crippen LogP contribution in [-0.2, 0) is 4.74 Å². The Morgan fingerprint density at radius 1 is 1.33 bits per heavy atom. The van der Waals surface area contributed by atoms with Crippen LogP contribution in [0.1, 0.15) is 37.7 Å². The standard InChI is InChI=1S/C15H22N4O4.Li.H/c1-15(2,3)23-14(22)18(4)10-5-6-19(9-10)12-8-16-11(7-17-12)13(20)21;;/h7-8,10H,5-6,9H2,1-4H3,(H,20,21);;/t10-;;/m1../s1. The predicted octanol–water partition coefficient (Wildman–Crippen LogP) is 0.972. The number of amides is 1. The topological polar surface area (TPSA) is 95.9 Å². The molecule has 2 rings (SSSR count). The zero-order valence-corrected chi connectivity index (χ0v) is 13.8. The van der Waals surface area contributed by atoms with E-state index in [9.17, 15) is 9.59 Å². The minimum absolute atomic E-state index is 0. The van der Waals surface area contributed by atoms with Gasteiger partial charge in [0.1, 0.15) is 11.4 Å². The molecule has 0 spiro atoms. The number of aromatic carboxylic acids is 1. The molecule has 0 aromatic carbocycles. The van der Waals surface area contributed by atoms with Gasteiger partial charge in [-0.3, -0.25) is 0 Å². The van der Waals surface area contributed by atoms with Gasteiger partial charge in [0.25, 0.3) is 0 Å². The molecule has 1 atom stereocenters. The molecular weight excluding hydrogens is 307 g/mol. The Bertz CT molecular complexity index is 588. The molecule has 0 unspecified atom stereocenters. The average Bonchev–Trinajstić information content (AvgIpc) is 2.94. The van der Waals surface area contributed by atoms with Gasteiger partial charge in [-0.15, -0.1) is 0 Å². The van der Waals surface area contributed by atoms with Gasteiger partial charge in [0.15, 0.2) is 5.69 Å². The van der Waals surface area contributed by atoms with Gasteiger partial charge < -0.3 is 19.6 Å². The van der Waals surface area contributed by atoms with Crippen LogP contribution >= 0.6 is 0 Å². The van der Waals surface area contributed by atoms with Gasteiger partial charge in [-0.2, -0.15) is 0 Å². The van der Waals surface area contributed by atoms with Crippen molar-refractivity contribution in [3.63, 3.8) is 0 Å². The monoisotopic (exact) mass is 330 g/mol. The zero-order chi connectivity index (χ0) is 17.2. The van der Waals surface area contributed by atoms with Crippen molar-refractivity contribution in [2.75, 3.05) is 25.0 Å². The van der Waals surface area contributed by atoms with Crippen LogP contribution in [0.2, 0.25) is 0 Å². The van der Waals surface area contributed by atoms with E-state index < -0.39 is 11.6 Å². The number of carbonyl (C=O) groups excluding carboxylic acids is 1. The summed E-state index contributed by atoms with van der Waals surface area (Å²) in [5.41, 5.74) is -0.614. The second-order valence-corrected chi connectivity index (χ2v) is 6.54. The molecule has 0 saturated carbocycles. The molecule has 1 aromatic heterocycles. The number of ether oxygens (including phenoxy) is 1. The van der Waals surface area contributed by atoms with Gasteiger partial charge in [-0.05, 0) is 27.2 Å². The Balaban J connectivity index is 0.00000288. The van der Waals surface area contributed by atoms with Crippen molar-refractivity contribution >= 4 is 36.7 Å². The summed E-state index contributed by atoms with van der Waals surface area (Å²) in [5.74, 6) is -0.497. The fourth-order valence-electron chi connectivity index (χ4n) is 2.34. The molecule has 1 aliphatic rings. The molecule has 0 radical (unpaired) electrons. The Morgan fingerprint density at radius 2 is 2.00 bits per heavy atom. The van der Waals surface area contributed by atoms with Crippen molar-refractivity contribution in [2.45, 2.75) is 38.8 Å². The maximum atomic E-state index is 12.1. The zero-order valence-electron chi connectivity index (χ0n) is 13.8. The average molecular weight is 330 g/mol. The Kier molecular flexibility index (Phi) is 6.64. The minimum atomic E-state index is -1.10. The second-order valence-electron chi connectivity index (χ2n) is 6.54. The number of aromatic nitrogens is 2. The quantitative estimate of drug-likeness (QED) is 0.825. The van der Waals surface area contributed by atoms with Crippen LogP contribution in [0.5, 0.6) is 0 Å². The van der Waals surface area contributed by atoms with Gasteiger partial charge in [0.05, 0.1) is 18.4 Å². The number of carboxylic acid groups (broad SMARTS) is 1. The molecule has 1 amide bonds. The van der Waals surface area contributed by atoms with Crippen molar-refractivity contribution in [3.8, 4) is 0 Å². The van der Waals surface area contributed by atoms with Crippen LogP contribution in [0.25, 0.3) is 0 Å². The number of hydrogen-bond acceptors (Lipinski definition) is 6. The second kappa shape index (κ2) is 7.86. The third-order valence-electron chi connectivity index (χ3n) is 3.57. The number of carboxylic acids is 1. The molecule has 128 valence electrons. The van der Waals surface area contributed by atoms with E-state index >= 15 is 0 Å². The molecule has 24 heavy (non-hydrogen) atoms. The van der Waals surface area contributed by atoms with E-state index in [0.29, 0.717) is 12.4 Å². The first-order valence-electron chi connectivity index (χ1n) is 7.43. The van der Waals surface area contributed by atoms with Gasteiger partial charge >= 0.3 is 30.9 Å². The van der Waals surface area contributed by atoms with Crippen LogP contribution < -0.4 is 4.90 Å². The third-order valence-corrected chi connectivity index (χ3v) is 3.57. The van der Waals surface area contributed by atoms with E-state index in [1.807, 2.05) is 25.7 Å². The molecular formula is C15H23LiN4O4. The molecule has 8 nitrogen and oxygen atoms in total. The van der Waals surface area contributed by atoms with Crippen LogP contribution in [0.3, 0.4) is 0 Å². The number of rotatable bonds is 3. The summed E-state index contributed by atoms with van der Waals surface area (Å²) in [4.78, 5) is 34.5. The molecule has 1 N–H and O–H groups in total. The number of hydrogen-bond donors (Lipinski definition) is 1. The van der Waals surface area contributed by atoms with E-state index in [0.717, 1.165) is 13.0 Å². The van der Waals surface area contributed by atoms with Crippen molar-refractivity contribution in [3.05, 3.63) is 18.1 Å². The number of likely N-dealkylation sites (N-methyl/N-ethyl adjacent to an activating group) is 1. The summed E-state index contributed by atoms with van der Waals surface area (Å²) in [7, 11) is 1.72. The summed E-state index contributed by atoms with van der Waals surface area (Å²) in [6, 6.07) is 0.0193. The van der Waals surface area contributed by atoms with E-state index in [4.69, 9.17) is 9.84 Å². The number of carbonyl (C=O) groups is 2. The van der Waals surface area contributed by atoms with Gasteiger partial charge in [-0.1, -0.05) is 0 Å². The predicted molar refractivity (Wildman–Crippen MR) is 90.8 cm³/mol. The summed E-state index contributed by atoms with van der Waals surface area (Å²) >= 11 is 0. The summed E-state index contributed by atoms with van der Waals surface area (Å²) in [6.45, 7) is 6.83. The van der Waals surface area contributed by atoms with Crippen molar-refractivity contribution in [2.24, 2.45) is 0 Å². The van der Waals surface area contributed by atoms with Gasteiger partial charge in [0, 0.05) is 20.1 Å². The number of nitrogens with zero attached hydrogens (tertiary/aromatic N) is 4. The van der Waals surface area contributed by atoms with Crippen molar-refractivity contribution < 1.29 is 19.4 Å². The maximum absolute atomic E-state index is 12.1. The first-order chi connectivity index (χ1) is 10.7. The fourth-order valence-corrected chi connectivity index (χ4v) is 2.34. The molecule has 1 fully saturated rings. The molecule has 1 aliphatic heterocycles. The first kappa shape index (κ1) is 20.3. The van der Waals surface area contributed by atoms with E-state index in [1.165, 1.54) is 12.4 Å². The van der Waals surface area contributed by atoms with Crippen LogP contribution in [0.15, 0.2) is 12.4 Å².